The van der Waals surface area contributed by atoms with Gasteiger partial charge in [0.05, 0.1) is 4.90 Å². The monoisotopic (exact) mass is 303 g/mol. The summed E-state index contributed by atoms with van der Waals surface area (Å²) in [6.07, 6.45) is 0.848. The summed E-state index contributed by atoms with van der Waals surface area (Å²) < 4.78 is 39.8. The van der Waals surface area contributed by atoms with Gasteiger partial charge in [-0.1, -0.05) is 0 Å². The number of carbonyl (C=O) groups is 1. The highest BCUT2D eigenvalue weighted by atomic mass is 32.2. The molecule has 2 N–H and O–H groups in total. The first-order valence-corrected chi connectivity index (χ1v) is 7.70. The average molecular weight is 303 g/mol. The molecule has 0 atom stereocenters. The van der Waals surface area contributed by atoms with Crippen LogP contribution in [0.4, 0.5) is 4.39 Å². The number of carboxylic acids is 1. The minimum absolute atomic E-state index is 0.0102. The van der Waals surface area contributed by atoms with E-state index in [4.69, 9.17) is 5.11 Å². The van der Waals surface area contributed by atoms with Crippen LogP contribution in [0.3, 0.4) is 0 Å². The van der Waals surface area contributed by atoms with E-state index in [2.05, 4.69) is 4.72 Å². The Balaban J connectivity index is 2.73. The molecule has 0 fully saturated rings. The second kappa shape index (κ2) is 6.81. The van der Waals surface area contributed by atoms with E-state index in [9.17, 15) is 17.6 Å². The third-order valence-electron chi connectivity index (χ3n) is 2.80. The molecule has 0 spiro atoms. The standard InChI is InChI=1S/C13H18FNO4S/c1-9-7-11(14)8-10(2)13(9)20(18,19)15-6-4-3-5-12(16)17/h7-8,15H,3-6H2,1-2H3,(H,16,17). The van der Waals surface area contributed by atoms with Crippen molar-refractivity contribution in [2.75, 3.05) is 6.54 Å². The average Bonchev–Trinajstić information content (AvgIpc) is 2.25. The Morgan fingerprint density at radius 3 is 2.30 bits per heavy atom. The number of sulfonamides is 1. The van der Waals surface area contributed by atoms with E-state index >= 15 is 0 Å². The van der Waals surface area contributed by atoms with E-state index in [1.807, 2.05) is 0 Å². The second-order valence-electron chi connectivity index (χ2n) is 4.62. The van der Waals surface area contributed by atoms with Crippen LogP contribution in [-0.2, 0) is 14.8 Å². The van der Waals surface area contributed by atoms with E-state index in [0.717, 1.165) is 0 Å². The summed E-state index contributed by atoms with van der Waals surface area (Å²) in [5.74, 6) is -1.38. The van der Waals surface area contributed by atoms with Gasteiger partial charge in [0, 0.05) is 13.0 Å². The van der Waals surface area contributed by atoms with Gasteiger partial charge < -0.3 is 5.11 Å². The van der Waals surface area contributed by atoms with Crippen LogP contribution in [0, 0.1) is 19.7 Å². The maximum absolute atomic E-state index is 13.2. The third-order valence-corrected chi connectivity index (χ3v) is 4.57. The Bertz CT molecular complexity index is 575. The molecular formula is C13H18FNO4S. The minimum atomic E-state index is -3.70. The molecule has 112 valence electrons. The Morgan fingerprint density at radius 1 is 1.25 bits per heavy atom. The van der Waals surface area contributed by atoms with Crippen molar-refractivity contribution >= 4 is 16.0 Å². The molecule has 0 aliphatic carbocycles. The zero-order chi connectivity index (χ0) is 15.3. The molecular weight excluding hydrogens is 285 g/mol. The lowest BCUT2D eigenvalue weighted by Crippen LogP contribution is -2.26. The van der Waals surface area contributed by atoms with Crippen LogP contribution in [0.25, 0.3) is 0 Å². The third kappa shape index (κ3) is 4.57. The van der Waals surface area contributed by atoms with Crippen LogP contribution in [-0.4, -0.2) is 26.0 Å². The van der Waals surface area contributed by atoms with Crippen LogP contribution in [0.5, 0.6) is 0 Å². The van der Waals surface area contributed by atoms with Crippen LogP contribution >= 0.6 is 0 Å². The van der Waals surface area contributed by atoms with Gasteiger partial charge in [0.1, 0.15) is 5.82 Å². The van der Waals surface area contributed by atoms with Gasteiger partial charge in [-0.05, 0) is 49.9 Å². The lowest BCUT2D eigenvalue weighted by molar-refractivity contribution is -0.137. The maximum Gasteiger partial charge on any atom is 0.303 e. The van der Waals surface area contributed by atoms with Crippen molar-refractivity contribution in [3.63, 3.8) is 0 Å². The predicted molar refractivity (Wildman–Crippen MR) is 72.5 cm³/mol. The summed E-state index contributed by atoms with van der Waals surface area (Å²) in [4.78, 5) is 10.4. The van der Waals surface area contributed by atoms with Crippen LogP contribution in [0.1, 0.15) is 30.4 Å². The summed E-state index contributed by atoms with van der Waals surface area (Å²) in [5.41, 5.74) is 0.695. The fourth-order valence-corrected chi connectivity index (χ4v) is 3.52. The fourth-order valence-electron chi connectivity index (χ4n) is 2.00. The Labute approximate surface area is 117 Å². The molecule has 0 aromatic heterocycles. The normalized spacial score (nSPS) is 11.6. The highest BCUT2D eigenvalue weighted by molar-refractivity contribution is 7.89. The van der Waals surface area contributed by atoms with Gasteiger partial charge in [0.15, 0.2) is 0 Å². The highest BCUT2D eigenvalue weighted by Crippen LogP contribution is 2.21. The van der Waals surface area contributed by atoms with Crippen molar-refractivity contribution in [3.8, 4) is 0 Å². The summed E-state index contributed by atoms with van der Waals surface area (Å²) in [5, 5.41) is 8.48. The second-order valence-corrected chi connectivity index (χ2v) is 6.32. The molecule has 5 nitrogen and oxygen atoms in total. The van der Waals surface area contributed by atoms with Crippen molar-refractivity contribution in [1.29, 1.82) is 0 Å². The molecule has 0 amide bonds. The van der Waals surface area contributed by atoms with Crippen LogP contribution in [0.2, 0.25) is 0 Å². The minimum Gasteiger partial charge on any atom is -0.481 e. The van der Waals surface area contributed by atoms with E-state index in [0.29, 0.717) is 24.0 Å². The highest BCUT2D eigenvalue weighted by Gasteiger charge is 2.19. The van der Waals surface area contributed by atoms with Gasteiger partial charge in [0.25, 0.3) is 0 Å². The zero-order valence-corrected chi connectivity index (χ0v) is 12.3. The molecule has 0 unspecified atom stereocenters. The van der Waals surface area contributed by atoms with Crippen molar-refractivity contribution in [1.82, 2.24) is 4.72 Å². The largest absolute Gasteiger partial charge is 0.481 e. The SMILES string of the molecule is Cc1cc(F)cc(C)c1S(=O)(=O)NCCCCC(=O)O. The van der Waals surface area contributed by atoms with E-state index < -0.39 is 21.8 Å². The smallest absolute Gasteiger partial charge is 0.303 e. The number of halogens is 1. The molecule has 20 heavy (non-hydrogen) atoms. The molecule has 1 aromatic carbocycles. The number of benzene rings is 1. The molecule has 7 heteroatoms. The predicted octanol–water partition coefficient (Wildman–Crippen LogP) is 1.98. The van der Waals surface area contributed by atoms with Gasteiger partial charge in [-0.2, -0.15) is 0 Å². The summed E-state index contributed by atoms with van der Waals surface area (Å²) >= 11 is 0. The van der Waals surface area contributed by atoms with Crippen molar-refractivity contribution < 1.29 is 22.7 Å². The fraction of sp³-hybridized carbons (Fsp3) is 0.462. The van der Waals surface area contributed by atoms with Crippen LogP contribution < -0.4 is 4.72 Å². The van der Waals surface area contributed by atoms with Gasteiger partial charge >= 0.3 is 5.97 Å². The van der Waals surface area contributed by atoms with Crippen molar-refractivity contribution in [2.45, 2.75) is 38.0 Å². The molecule has 1 rings (SSSR count). The first-order valence-electron chi connectivity index (χ1n) is 6.22. The number of rotatable bonds is 7. The molecule has 0 aliphatic rings. The van der Waals surface area contributed by atoms with Gasteiger partial charge in [0.2, 0.25) is 10.0 Å². The number of hydrogen-bond acceptors (Lipinski definition) is 3. The van der Waals surface area contributed by atoms with Gasteiger partial charge in [-0.3, -0.25) is 4.79 Å². The van der Waals surface area contributed by atoms with Crippen molar-refractivity contribution in [2.24, 2.45) is 0 Å². The number of unbranched alkanes of at least 4 members (excludes halogenated alkanes) is 1. The lowest BCUT2D eigenvalue weighted by Gasteiger charge is -2.12. The number of nitrogens with one attached hydrogen (secondary N) is 1. The topological polar surface area (TPSA) is 83.5 Å². The number of aryl methyl sites for hydroxylation is 2. The number of carboxylic acid groups (broad SMARTS) is 1. The molecule has 0 heterocycles. The van der Waals surface area contributed by atoms with Gasteiger partial charge in [-0.15, -0.1) is 0 Å². The van der Waals surface area contributed by atoms with E-state index in [1.54, 1.807) is 0 Å². The molecule has 0 saturated carbocycles. The first kappa shape index (κ1) is 16.6. The summed E-state index contributed by atoms with van der Waals surface area (Å²) in [6, 6.07) is 2.35. The number of hydrogen-bond donors (Lipinski definition) is 2. The lowest BCUT2D eigenvalue weighted by atomic mass is 10.1. The Morgan fingerprint density at radius 2 is 1.80 bits per heavy atom. The molecule has 0 radical (unpaired) electrons. The van der Waals surface area contributed by atoms with Crippen LogP contribution in [0.15, 0.2) is 17.0 Å². The van der Waals surface area contributed by atoms with E-state index in [-0.39, 0.29) is 17.9 Å². The maximum atomic E-state index is 13.2. The molecule has 0 bridgehead atoms. The molecule has 0 aliphatic heterocycles. The quantitative estimate of drug-likeness (QED) is 0.754. The molecule has 1 aromatic rings. The van der Waals surface area contributed by atoms with E-state index in [1.165, 1.54) is 26.0 Å². The Hall–Kier alpha value is -1.47. The molecule has 0 saturated heterocycles. The Kier molecular flexibility index (Phi) is 5.64. The first-order chi connectivity index (χ1) is 9.24. The summed E-state index contributed by atoms with van der Waals surface area (Å²) in [7, 11) is -3.70. The summed E-state index contributed by atoms with van der Waals surface area (Å²) in [6.45, 7) is 3.23. The van der Waals surface area contributed by atoms with Crippen molar-refractivity contribution in [3.05, 3.63) is 29.1 Å². The number of aliphatic carboxylic acids is 1. The zero-order valence-electron chi connectivity index (χ0n) is 11.4. The van der Waals surface area contributed by atoms with Gasteiger partial charge in [-0.25, -0.2) is 17.5 Å².